The molecule has 0 bridgehead atoms. The summed E-state index contributed by atoms with van der Waals surface area (Å²) in [5.41, 5.74) is 0.609. The van der Waals surface area contributed by atoms with E-state index in [0.29, 0.717) is 5.56 Å². The summed E-state index contributed by atoms with van der Waals surface area (Å²) in [6.45, 7) is 0.443. The first-order chi connectivity index (χ1) is 9.08. The molecule has 1 heterocycles. The number of nitro benzene ring substituents is 1. The third kappa shape index (κ3) is 2.95. The van der Waals surface area contributed by atoms with Gasteiger partial charge in [0.05, 0.1) is 11.5 Å². The van der Waals surface area contributed by atoms with Crippen LogP contribution < -0.4 is 0 Å². The number of carbonyl (C=O) groups is 2. The third-order valence-corrected chi connectivity index (χ3v) is 2.55. The molecule has 98 valence electrons. The number of non-ortho nitro benzene ring substituents is 1. The fourth-order valence-electron chi connectivity index (χ4n) is 1.56. The molecule has 1 aromatic carbocycles. The van der Waals surface area contributed by atoms with Gasteiger partial charge in [-0.2, -0.15) is 0 Å². The van der Waals surface area contributed by atoms with Crippen molar-refractivity contribution in [1.82, 2.24) is 4.90 Å². The minimum absolute atomic E-state index is 0.0217. The van der Waals surface area contributed by atoms with Gasteiger partial charge in [-0.1, -0.05) is 0 Å². The van der Waals surface area contributed by atoms with Crippen LogP contribution in [0.3, 0.4) is 0 Å². The first-order valence-electron chi connectivity index (χ1n) is 5.49. The van der Waals surface area contributed by atoms with Gasteiger partial charge in [0, 0.05) is 18.2 Å². The van der Waals surface area contributed by atoms with Gasteiger partial charge in [0.15, 0.2) is 0 Å². The van der Waals surface area contributed by atoms with Crippen molar-refractivity contribution in [2.24, 2.45) is 0 Å². The van der Waals surface area contributed by atoms with Gasteiger partial charge >= 0.3 is 6.09 Å². The molecule has 0 saturated carbocycles. The lowest BCUT2D eigenvalue weighted by Gasteiger charge is -2.06. The van der Waals surface area contributed by atoms with Crippen molar-refractivity contribution in [3.63, 3.8) is 0 Å². The topological polar surface area (TPSA) is 89.8 Å². The Kier molecular flexibility index (Phi) is 3.56. The van der Waals surface area contributed by atoms with Crippen LogP contribution in [0, 0.1) is 10.1 Å². The molecular weight excluding hydrogens is 252 g/mol. The average molecular weight is 262 g/mol. The second kappa shape index (κ2) is 5.30. The van der Waals surface area contributed by atoms with Crippen molar-refractivity contribution in [1.29, 1.82) is 0 Å². The Morgan fingerprint density at radius 2 is 2.05 bits per heavy atom. The lowest BCUT2D eigenvalue weighted by atomic mass is 10.2. The minimum Gasteiger partial charge on any atom is -0.447 e. The number of nitrogens with zero attached hydrogens (tertiary/aromatic N) is 2. The highest BCUT2D eigenvalue weighted by Crippen LogP contribution is 2.13. The van der Waals surface area contributed by atoms with Crippen LogP contribution in [-0.2, 0) is 9.53 Å². The molecule has 1 aliphatic heterocycles. The lowest BCUT2D eigenvalue weighted by Crippen LogP contribution is -2.29. The van der Waals surface area contributed by atoms with Crippen LogP contribution in [-0.4, -0.2) is 35.0 Å². The number of carbonyl (C=O) groups excluding carboxylic acids is 2. The summed E-state index contributed by atoms with van der Waals surface area (Å²) in [4.78, 5) is 33.7. The van der Waals surface area contributed by atoms with Gasteiger partial charge in [-0.05, 0) is 23.8 Å². The number of hydrogen-bond acceptors (Lipinski definition) is 5. The van der Waals surface area contributed by atoms with E-state index in [1.807, 2.05) is 0 Å². The lowest BCUT2D eigenvalue weighted by molar-refractivity contribution is -0.384. The van der Waals surface area contributed by atoms with Crippen molar-refractivity contribution in [2.45, 2.75) is 0 Å². The number of hydrogen-bond donors (Lipinski definition) is 0. The molecule has 2 rings (SSSR count). The number of amides is 2. The highest BCUT2D eigenvalue weighted by molar-refractivity contribution is 6.01. The Bertz CT molecular complexity index is 550. The highest BCUT2D eigenvalue weighted by Gasteiger charge is 2.26. The van der Waals surface area contributed by atoms with Gasteiger partial charge in [-0.3, -0.25) is 14.9 Å². The average Bonchev–Trinajstić information content (AvgIpc) is 2.83. The van der Waals surface area contributed by atoms with Crippen LogP contribution in [0.1, 0.15) is 5.56 Å². The number of benzene rings is 1. The van der Waals surface area contributed by atoms with E-state index in [1.165, 1.54) is 36.4 Å². The number of imide groups is 1. The van der Waals surface area contributed by atoms with Crippen LogP contribution in [0.2, 0.25) is 0 Å². The van der Waals surface area contributed by atoms with Gasteiger partial charge < -0.3 is 4.74 Å². The van der Waals surface area contributed by atoms with Crippen LogP contribution in [0.15, 0.2) is 30.3 Å². The van der Waals surface area contributed by atoms with E-state index in [9.17, 15) is 19.7 Å². The van der Waals surface area contributed by atoms with E-state index in [1.54, 1.807) is 0 Å². The Morgan fingerprint density at radius 1 is 1.37 bits per heavy atom. The summed E-state index contributed by atoms with van der Waals surface area (Å²) in [5, 5.41) is 10.5. The maximum absolute atomic E-state index is 11.6. The molecule has 1 aromatic rings. The Hall–Kier alpha value is -2.70. The molecular formula is C12H10N2O5. The van der Waals surface area contributed by atoms with Crippen LogP contribution in [0.25, 0.3) is 6.08 Å². The molecule has 1 fully saturated rings. The van der Waals surface area contributed by atoms with Crippen LogP contribution in [0.4, 0.5) is 10.5 Å². The summed E-state index contributed by atoms with van der Waals surface area (Å²) < 4.78 is 4.64. The van der Waals surface area contributed by atoms with E-state index < -0.39 is 16.9 Å². The molecule has 0 aliphatic carbocycles. The fourth-order valence-corrected chi connectivity index (χ4v) is 1.56. The van der Waals surface area contributed by atoms with Crippen molar-refractivity contribution in [2.75, 3.05) is 13.2 Å². The highest BCUT2D eigenvalue weighted by atomic mass is 16.6. The zero-order valence-corrected chi connectivity index (χ0v) is 9.81. The molecule has 0 unspecified atom stereocenters. The molecule has 7 nitrogen and oxygen atoms in total. The molecule has 19 heavy (non-hydrogen) atoms. The molecule has 0 N–H and O–H groups in total. The zero-order chi connectivity index (χ0) is 13.8. The number of rotatable bonds is 3. The Morgan fingerprint density at radius 3 is 2.58 bits per heavy atom. The molecule has 0 spiro atoms. The quantitative estimate of drug-likeness (QED) is 0.468. The number of cyclic esters (lactones) is 1. The molecule has 1 saturated heterocycles. The van der Waals surface area contributed by atoms with E-state index in [-0.39, 0.29) is 18.8 Å². The molecule has 2 amide bonds. The maximum Gasteiger partial charge on any atom is 0.416 e. The van der Waals surface area contributed by atoms with Gasteiger partial charge in [-0.25, -0.2) is 9.69 Å². The first-order valence-corrected chi connectivity index (χ1v) is 5.49. The number of ether oxygens (including phenoxy) is 1. The third-order valence-electron chi connectivity index (χ3n) is 2.55. The standard InChI is InChI=1S/C12H10N2O5/c15-11(13-7-8-19-12(13)16)6-3-9-1-4-10(5-2-9)14(17)18/h1-6H,7-8H2/b6-3+. The van der Waals surface area contributed by atoms with Crippen molar-refractivity contribution >= 4 is 23.8 Å². The summed E-state index contributed by atoms with van der Waals surface area (Å²) in [6.07, 6.45) is 2.06. The smallest absolute Gasteiger partial charge is 0.416 e. The van der Waals surface area contributed by atoms with E-state index in [4.69, 9.17) is 0 Å². The van der Waals surface area contributed by atoms with Crippen molar-refractivity contribution < 1.29 is 19.2 Å². The molecule has 0 aromatic heterocycles. The molecule has 0 atom stereocenters. The summed E-state index contributed by atoms with van der Waals surface area (Å²) in [6, 6.07) is 5.72. The molecule has 0 radical (unpaired) electrons. The summed E-state index contributed by atoms with van der Waals surface area (Å²) in [5.74, 6) is -0.471. The number of nitro groups is 1. The van der Waals surface area contributed by atoms with Gasteiger partial charge in [0.2, 0.25) is 0 Å². The predicted molar refractivity (Wildman–Crippen MR) is 65.2 cm³/mol. The second-order valence-electron chi connectivity index (χ2n) is 3.79. The Labute approximate surface area is 108 Å². The SMILES string of the molecule is O=C(/C=C/c1ccc([N+](=O)[O-])cc1)N1CCOC1=O. The van der Waals surface area contributed by atoms with Gasteiger partial charge in [-0.15, -0.1) is 0 Å². The monoisotopic (exact) mass is 262 g/mol. The summed E-state index contributed by atoms with van der Waals surface area (Å²) >= 11 is 0. The van der Waals surface area contributed by atoms with Gasteiger partial charge in [0.25, 0.3) is 11.6 Å². The normalized spacial score (nSPS) is 14.7. The second-order valence-corrected chi connectivity index (χ2v) is 3.79. The van der Waals surface area contributed by atoms with E-state index >= 15 is 0 Å². The van der Waals surface area contributed by atoms with Crippen molar-refractivity contribution in [3.8, 4) is 0 Å². The fraction of sp³-hybridized carbons (Fsp3) is 0.167. The molecule has 1 aliphatic rings. The van der Waals surface area contributed by atoms with E-state index in [0.717, 1.165) is 4.90 Å². The van der Waals surface area contributed by atoms with E-state index in [2.05, 4.69) is 4.74 Å². The Balaban J connectivity index is 2.04. The first kappa shape index (κ1) is 12.7. The predicted octanol–water partition coefficient (Wildman–Crippen LogP) is 1.59. The summed E-state index contributed by atoms with van der Waals surface area (Å²) in [7, 11) is 0. The van der Waals surface area contributed by atoms with Crippen molar-refractivity contribution in [3.05, 3.63) is 46.0 Å². The molecule has 7 heteroatoms. The maximum atomic E-state index is 11.6. The minimum atomic E-state index is -0.654. The van der Waals surface area contributed by atoms with Gasteiger partial charge in [0.1, 0.15) is 6.61 Å². The zero-order valence-electron chi connectivity index (χ0n) is 9.81. The van der Waals surface area contributed by atoms with Crippen LogP contribution in [0.5, 0.6) is 0 Å². The largest absolute Gasteiger partial charge is 0.447 e. The van der Waals surface area contributed by atoms with Crippen LogP contribution >= 0.6 is 0 Å².